The highest BCUT2D eigenvalue weighted by Crippen LogP contribution is 2.37. The SMILES string of the molecule is CNC(Cc1cccc(F)c1)C1(N(C)C)CCCC1. The topological polar surface area (TPSA) is 15.3 Å². The minimum atomic E-state index is -0.141. The van der Waals surface area contributed by atoms with Crippen LogP contribution in [0.25, 0.3) is 0 Å². The third-order valence-corrected chi connectivity index (χ3v) is 4.69. The summed E-state index contributed by atoms with van der Waals surface area (Å²) in [6.07, 6.45) is 5.91. The highest BCUT2D eigenvalue weighted by Gasteiger charge is 2.42. The summed E-state index contributed by atoms with van der Waals surface area (Å²) in [4.78, 5) is 2.36. The van der Waals surface area contributed by atoms with Crippen LogP contribution in [-0.2, 0) is 6.42 Å². The van der Waals surface area contributed by atoms with Crippen molar-refractivity contribution in [1.82, 2.24) is 10.2 Å². The molecule has 0 heterocycles. The molecular weight excluding hydrogens is 239 g/mol. The quantitative estimate of drug-likeness (QED) is 0.880. The average Bonchev–Trinajstić information content (AvgIpc) is 2.86. The Morgan fingerprint density at radius 3 is 2.53 bits per heavy atom. The fourth-order valence-corrected chi connectivity index (χ4v) is 3.55. The number of halogens is 1. The van der Waals surface area contributed by atoms with E-state index in [1.807, 2.05) is 13.1 Å². The number of likely N-dealkylation sites (N-methyl/N-ethyl adjacent to an activating group) is 2. The van der Waals surface area contributed by atoms with Gasteiger partial charge in [-0.2, -0.15) is 0 Å². The van der Waals surface area contributed by atoms with Crippen LogP contribution >= 0.6 is 0 Å². The molecule has 2 nitrogen and oxygen atoms in total. The molecule has 1 aliphatic rings. The second-order valence-electron chi connectivity index (χ2n) is 5.88. The molecule has 1 aromatic rings. The lowest BCUT2D eigenvalue weighted by molar-refractivity contribution is 0.108. The maximum absolute atomic E-state index is 13.3. The van der Waals surface area contributed by atoms with Crippen LogP contribution in [-0.4, -0.2) is 37.6 Å². The summed E-state index contributed by atoms with van der Waals surface area (Å²) >= 11 is 0. The Balaban J connectivity index is 2.19. The molecule has 1 aliphatic carbocycles. The predicted octanol–water partition coefficient (Wildman–Crippen LogP) is 2.83. The summed E-state index contributed by atoms with van der Waals surface area (Å²) in [5, 5.41) is 3.47. The lowest BCUT2D eigenvalue weighted by Gasteiger charge is -2.43. The molecule has 0 aliphatic heterocycles. The minimum absolute atomic E-state index is 0.141. The molecule has 1 saturated carbocycles. The molecular formula is C16H25FN2. The molecule has 1 fully saturated rings. The molecule has 106 valence electrons. The molecule has 1 aromatic carbocycles. The number of nitrogens with one attached hydrogen (secondary N) is 1. The monoisotopic (exact) mass is 264 g/mol. The Morgan fingerprint density at radius 1 is 1.32 bits per heavy atom. The standard InChI is InChI=1S/C16H25FN2/c1-18-15(12-13-7-6-8-14(17)11-13)16(19(2)3)9-4-5-10-16/h6-8,11,15,18H,4-5,9-10,12H2,1-3H3. The molecule has 1 atom stereocenters. The predicted molar refractivity (Wildman–Crippen MR) is 77.8 cm³/mol. The van der Waals surface area contributed by atoms with E-state index in [-0.39, 0.29) is 11.4 Å². The van der Waals surface area contributed by atoms with Crippen molar-refractivity contribution in [3.05, 3.63) is 35.6 Å². The number of nitrogens with zero attached hydrogens (tertiary/aromatic N) is 1. The van der Waals surface area contributed by atoms with E-state index in [0.717, 1.165) is 12.0 Å². The molecule has 1 unspecified atom stereocenters. The van der Waals surface area contributed by atoms with E-state index in [1.54, 1.807) is 12.1 Å². The van der Waals surface area contributed by atoms with Gasteiger partial charge in [0.1, 0.15) is 5.82 Å². The highest BCUT2D eigenvalue weighted by atomic mass is 19.1. The first kappa shape index (κ1) is 14.5. The number of hydrogen-bond donors (Lipinski definition) is 1. The zero-order valence-electron chi connectivity index (χ0n) is 12.2. The Labute approximate surface area is 116 Å². The van der Waals surface area contributed by atoms with Crippen molar-refractivity contribution in [2.24, 2.45) is 0 Å². The molecule has 0 saturated heterocycles. The van der Waals surface area contributed by atoms with E-state index in [0.29, 0.717) is 6.04 Å². The van der Waals surface area contributed by atoms with Gasteiger partial charge in [0.15, 0.2) is 0 Å². The van der Waals surface area contributed by atoms with Crippen molar-refractivity contribution in [2.75, 3.05) is 21.1 Å². The van der Waals surface area contributed by atoms with E-state index in [4.69, 9.17) is 0 Å². The fourth-order valence-electron chi connectivity index (χ4n) is 3.55. The lowest BCUT2D eigenvalue weighted by Crippen LogP contribution is -2.57. The van der Waals surface area contributed by atoms with E-state index >= 15 is 0 Å². The second-order valence-corrected chi connectivity index (χ2v) is 5.88. The van der Waals surface area contributed by atoms with Gasteiger partial charge in [-0.05, 0) is 58.1 Å². The molecule has 0 spiro atoms. The van der Waals surface area contributed by atoms with Crippen LogP contribution in [0.1, 0.15) is 31.2 Å². The fraction of sp³-hybridized carbons (Fsp3) is 0.625. The van der Waals surface area contributed by atoms with Gasteiger partial charge in [-0.25, -0.2) is 4.39 Å². The molecule has 1 N–H and O–H groups in total. The van der Waals surface area contributed by atoms with Crippen LogP contribution in [0.2, 0.25) is 0 Å². The zero-order valence-corrected chi connectivity index (χ0v) is 12.2. The van der Waals surface area contributed by atoms with Gasteiger partial charge < -0.3 is 10.2 Å². The third kappa shape index (κ3) is 2.98. The van der Waals surface area contributed by atoms with Gasteiger partial charge in [-0.1, -0.05) is 25.0 Å². The molecule has 19 heavy (non-hydrogen) atoms. The van der Waals surface area contributed by atoms with Crippen molar-refractivity contribution < 1.29 is 4.39 Å². The maximum atomic E-state index is 13.3. The zero-order chi connectivity index (χ0) is 13.9. The van der Waals surface area contributed by atoms with Crippen molar-refractivity contribution in [2.45, 2.75) is 43.7 Å². The summed E-state index contributed by atoms with van der Waals surface area (Å²) in [7, 11) is 6.36. The minimum Gasteiger partial charge on any atom is -0.315 e. The molecule has 0 aromatic heterocycles. The summed E-state index contributed by atoms with van der Waals surface area (Å²) in [6.45, 7) is 0. The van der Waals surface area contributed by atoms with Crippen LogP contribution < -0.4 is 5.32 Å². The van der Waals surface area contributed by atoms with E-state index in [1.165, 1.54) is 31.7 Å². The van der Waals surface area contributed by atoms with Crippen molar-refractivity contribution in [1.29, 1.82) is 0 Å². The number of hydrogen-bond acceptors (Lipinski definition) is 2. The Morgan fingerprint density at radius 2 is 2.00 bits per heavy atom. The van der Waals surface area contributed by atoms with Crippen LogP contribution in [0.15, 0.2) is 24.3 Å². The Kier molecular flexibility index (Phi) is 4.58. The van der Waals surface area contributed by atoms with Crippen molar-refractivity contribution >= 4 is 0 Å². The van der Waals surface area contributed by atoms with Gasteiger partial charge in [0.2, 0.25) is 0 Å². The number of benzene rings is 1. The molecule has 0 amide bonds. The summed E-state index contributed by atoms with van der Waals surface area (Å²) < 4.78 is 13.3. The Bertz CT molecular complexity index is 411. The summed E-state index contributed by atoms with van der Waals surface area (Å²) in [6, 6.07) is 7.35. The first-order chi connectivity index (χ1) is 9.08. The molecule has 0 radical (unpaired) electrons. The lowest BCUT2D eigenvalue weighted by atomic mass is 9.83. The van der Waals surface area contributed by atoms with Crippen molar-refractivity contribution in [3.8, 4) is 0 Å². The highest BCUT2D eigenvalue weighted by molar-refractivity contribution is 5.19. The third-order valence-electron chi connectivity index (χ3n) is 4.69. The second kappa shape index (κ2) is 6.02. The first-order valence-electron chi connectivity index (χ1n) is 7.17. The molecule has 3 heteroatoms. The van der Waals surface area contributed by atoms with Gasteiger partial charge in [-0.15, -0.1) is 0 Å². The van der Waals surface area contributed by atoms with Gasteiger partial charge >= 0.3 is 0 Å². The smallest absolute Gasteiger partial charge is 0.123 e. The average molecular weight is 264 g/mol. The maximum Gasteiger partial charge on any atom is 0.123 e. The van der Waals surface area contributed by atoms with Gasteiger partial charge in [-0.3, -0.25) is 0 Å². The van der Waals surface area contributed by atoms with E-state index in [2.05, 4.69) is 24.3 Å². The van der Waals surface area contributed by atoms with Crippen LogP contribution in [0.5, 0.6) is 0 Å². The van der Waals surface area contributed by atoms with E-state index in [9.17, 15) is 4.39 Å². The summed E-state index contributed by atoms with van der Waals surface area (Å²) in [5.74, 6) is -0.141. The summed E-state index contributed by atoms with van der Waals surface area (Å²) in [5.41, 5.74) is 1.29. The normalized spacial score (nSPS) is 19.8. The van der Waals surface area contributed by atoms with Crippen LogP contribution in [0, 0.1) is 5.82 Å². The van der Waals surface area contributed by atoms with Gasteiger partial charge in [0.25, 0.3) is 0 Å². The Hall–Kier alpha value is -0.930. The number of rotatable bonds is 5. The molecule has 0 bridgehead atoms. The van der Waals surface area contributed by atoms with E-state index < -0.39 is 0 Å². The van der Waals surface area contributed by atoms with Gasteiger partial charge in [0.05, 0.1) is 0 Å². The largest absolute Gasteiger partial charge is 0.315 e. The van der Waals surface area contributed by atoms with Gasteiger partial charge in [0, 0.05) is 11.6 Å². The van der Waals surface area contributed by atoms with Crippen molar-refractivity contribution in [3.63, 3.8) is 0 Å². The molecule has 2 rings (SSSR count). The first-order valence-corrected chi connectivity index (χ1v) is 7.17. The van der Waals surface area contributed by atoms with Crippen LogP contribution in [0.3, 0.4) is 0 Å². The van der Waals surface area contributed by atoms with Crippen LogP contribution in [0.4, 0.5) is 4.39 Å².